The van der Waals surface area contributed by atoms with Gasteiger partial charge in [-0.3, -0.25) is 4.79 Å². The molecule has 0 saturated carbocycles. The number of carboxylic acid groups (broad SMARTS) is 1. The third-order valence-corrected chi connectivity index (χ3v) is 4.52. The van der Waals surface area contributed by atoms with Crippen molar-refractivity contribution in [2.45, 2.75) is 31.0 Å². The number of rotatable bonds is 14. The molecule has 2 rings (SSSR count). The maximum Gasteiger partial charge on any atom is 0.309 e. The summed E-state index contributed by atoms with van der Waals surface area (Å²) in [6, 6.07) is 0. The second-order valence-corrected chi connectivity index (χ2v) is 6.18. The van der Waals surface area contributed by atoms with E-state index < -0.39 is 36.0 Å². The first-order chi connectivity index (χ1) is 12.5. The number of hydrogen-bond acceptors (Lipinski definition) is 9. The molecule has 0 aromatic rings. The first-order valence-corrected chi connectivity index (χ1v) is 8.79. The van der Waals surface area contributed by atoms with Gasteiger partial charge < -0.3 is 44.1 Å². The number of aliphatic carboxylic acids is 1. The van der Waals surface area contributed by atoms with Gasteiger partial charge in [-0.1, -0.05) is 0 Å². The van der Waals surface area contributed by atoms with Crippen molar-refractivity contribution in [2.24, 2.45) is 11.8 Å². The molecule has 10 heteroatoms. The predicted molar refractivity (Wildman–Crippen MR) is 85.2 cm³/mol. The van der Waals surface area contributed by atoms with Crippen LogP contribution in [0.4, 0.5) is 0 Å². The Balaban J connectivity index is 1.99. The van der Waals surface area contributed by atoms with Crippen LogP contribution in [0.1, 0.15) is 12.8 Å². The zero-order valence-electron chi connectivity index (χ0n) is 14.6. The molecule has 0 radical (unpaired) electrons. The lowest BCUT2D eigenvalue weighted by molar-refractivity contribution is -0.397. The normalized spacial score (nSPS) is 28.0. The van der Waals surface area contributed by atoms with Gasteiger partial charge in [0.2, 0.25) is 0 Å². The van der Waals surface area contributed by atoms with Gasteiger partial charge in [-0.15, -0.1) is 0 Å². The lowest BCUT2D eigenvalue weighted by atomic mass is 9.77. The zero-order chi connectivity index (χ0) is 19.0. The first-order valence-electron chi connectivity index (χ1n) is 8.79. The number of hydrogen-bond donors (Lipinski definition) is 4. The van der Waals surface area contributed by atoms with Crippen LogP contribution in [-0.2, 0) is 28.5 Å². The standard InChI is InChI=1S/C16H28O10/c17-3-5-22-7-9-24-16(21,25-10-8-23-6-4-18)14-12-2-1-11(26-12)13(14)15(19)20/h11-14,17-18,21H,1-10H2,(H,19,20). The minimum Gasteiger partial charge on any atom is -0.481 e. The second-order valence-electron chi connectivity index (χ2n) is 6.18. The highest BCUT2D eigenvalue weighted by molar-refractivity contribution is 5.72. The van der Waals surface area contributed by atoms with E-state index in [4.69, 9.17) is 33.9 Å². The summed E-state index contributed by atoms with van der Waals surface area (Å²) < 4.78 is 26.8. The van der Waals surface area contributed by atoms with E-state index >= 15 is 0 Å². The van der Waals surface area contributed by atoms with Crippen LogP contribution in [0.25, 0.3) is 0 Å². The van der Waals surface area contributed by atoms with Gasteiger partial charge in [-0.25, -0.2) is 0 Å². The van der Waals surface area contributed by atoms with Crippen molar-refractivity contribution < 1.29 is 48.9 Å². The van der Waals surface area contributed by atoms with Gasteiger partial charge in [0, 0.05) is 0 Å². The van der Waals surface area contributed by atoms with E-state index in [0.717, 1.165) is 0 Å². The van der Waals surface area contributed by atoms with E-state index in [1.807, 2.05) is 0 Å². The highest BCUT2D eigenvalue weighted by atomic mass is 16.8. The van der Waals surface area contributed by atoms with Crippen LogP contribution in [0, 0.1) is 11.8 Å². The molecule has 0 aromatic carbocycles. The molecule has 4 atom stereocenters. The van der Waals surface area contributed by atoms with E-state index in [-0.39, 0.29) is 52.9 Å². The molecule has 2 heterocycles. The Kier molecular flexibility index (Phi) is 8.64. The first kappa shape index (κ1) is 21.5. The quantitative estimate of drug-likeness (QED) is 0.209. The summed E-state index contributed by atoms with van der Waals surface area (Å²) in [5, 5.41) is 37.9. The maximum atomic E-state index is 11.7. The Hall–Kier alpha value is -0.850. The van der Waals surface area contributed by atoms with E-state index in [0.29, 0.717) is 12.8 Å². The Morgan fingerprint density at radius 3 is 1.96 bits per heavy atom. The summed E-state index contributed by atoms with van der Waals surface area (Å²) in [5.41, 5.74) is 0. The molecule has 2 fully saturated rings. The second kappa shape index (κ2) is 10.5. The molecule has 0 aromatic heterocycles. The van der Waals surface area contributed by atoms with Crippen LogP contribution in [0.15, 0.2) is 0 Å². The number of carbonyl (C=O) groups is 1. The fourth-order valence-corrected chi connectivity index (χ4v) is 3.52. The van der Waals surface area contributed by atoms with Crippen LogP contribution in [0.2, 0.25) is 0 Å². The Bertz CT molecular complexity index is 417. The lowest BCUT2D eigenvalue weighted by Crippen LogP contribution is -2.53. The van der Waals surface area contributed by atoms with Crippen LogP contribution < -0.4 is 0 Å². The van der Waals surface area contributed by atoms with Crippen molar-refractivity contribution in [1.82, 2.24) is 0 Å². The van der Waals surface area contributed by atoms with Gasteiger partial charge in [0.05, 0.1) is 76.9 Å². The number of aliphatic hydroxyl groups excluding tert-OH is 2. The Morgan fingerprint density at radius 2 is 1.46 bits per heavy atom. The molecular formula is C16H28O10. The van der Waals surface area contributed by atoms with Gasteiger partial charge in [0.25, 0.3) is 5.97 Å². The number of ether oxygens (including phenoxy) is 5. The molecule has 4 unspecified atom stereocenters. The van der Waals surface area contributed by atoms with Crippen molar-refractivity contribution in [2.75, 3.05) is 52.9 Å². The van der Waals surface area contributed by atoms with Crippen LogP contribution in [0.5, 0.6) is 0 Å². The van der Waals surface area contributed by atoms with Crippen molar-refractivity contribution >= 4 is 5.97 Å². The summed E-state index contributed by atoms with van der Waals surface area (Å²) >= 11 is 0. The zero-order valence-corrected chi connectivity index (χ0v) is 14.6. The summed E-state index contributed by atoms with van der Waals surface area (Å²) in [7, 11) is 0. The van der Waals surface area contributed by atoms with E-state index in [1.54, 1.807) is 0 Å². The molecule has 4 N–H and O–H groups in total. The third-order valence-electron chi connectivity index (χ3n) is 4.52. The maximum absolute atomic E-state index is 11.7. The van der Waals surface area contributed by atoms with Crippen LogP contribution in [-0.4, -0.2) is 97.4 Å². The van der Waals surface area contributed by atoms with Gasteiger partial charge in [0.1, 0.15) is 0 Å². The Labute approximate surface area is 151 Å². The third kappa shape index (κ3) is 5.33. The van der Waals surface area contributed by atoms with Crippen molar-refractivity contribution in [3.05, 3.63) is 0 Å². The molecule has 152 valence electrons. The highest BCUT2D eigenvalue weighted by Crippen LogP contribution is 2.49. The molecule has 2 aliphatic rings. The average molecular weight is 380 g/mol. The largest absolute Gasteiger partial charge is 0.481 e. The van der Waals surface area contributed by atoms with E-state index in [1.165, 1.54) is 0 Å². The van der Waals surface area contributed by atoms with E-state index in [2.05, 4.69) is 0 Å². The molecular weight excluding hydrogens is 352 g/mol. The van der Waals surface area contributed by atoms with Crippen LogP contribution in [0.3, 0.4) is 0 Å². The summed E-state index contributed by atoms with van der Waals surface area (Å²) in [4.78, 5) is 11.7. The Morgan fingerprint density at radius 1 is 0.923 bits per heavy atom. The highest BCUT2D eigenvalue weighted by Gasteiger charge is 2.62. The average Bonchev–Trinajstić information content (AvgIpc) is 3.23. The van der Waals surface area contributed by atoms with Crippen LogP contribution >= 0.6 is 0 Å². The monoisotopic (exact) mass is 380 g/mol. The van der Waals surface area contributed by atoms with Crippen molar-refractivity contribution in [3.63, 3.8) is 0 Å². The summed E-state index contributed by atoms with van der Waals surface area (Å²) in [6.45, 7) is 0.107. The number of carboxylic acids is 1. The number of fused-ring (bicyclic) bond motifs is 2. The molecule has 2 bridgehead atoms. The van der Waals surface area contributed by atoms with Gasteiger partial charge in [0.15, 0.2) is 0 Å². The van der Waals surface area contributed by atoms with Gasteiger partial charge >= 0.3 is 5.97 Å². The SMILES string of the molecule is O=C(O)C1C2CCC(O2)C1C(O)(OCCOCCO)OCCOCCO. The smallest absolute Gasteiger partial charge is 0.309 e. The predicted octanol–water partition coefficient (Wildman–Crippen LogP) is -1.44. The van der Waals surface area contributed by atoms with E-state index in [9.17, 15) is 15.0 Å². The minimum absolute atomic E-state index is 0.0474. The molecule has 0 amide bonds. The molecule has 0 spiro atoms. The van der Waals surface area contributed by atoms with Crippen molar-refractivity contribution in [1.29, 1.82) is 0 Å². The molecule has 10 nitrogen and oxygen atoms in total. The molecule has 26 heavy (non-hydrogen) atoms. The summed E-state index contributed by atoms with van der Waals surface area (Å²) in [5.74, 6) is -5.04. The van der Waals surface area contributed by atoms with Gasteiger partial charge in [-0.2, -0.15) is 0 Å². The lowest BCUT2D eigenvalue weighted by Gasteiger charge is -2.38. The fraction of sp³-hybridized carbons (Fsp3) is 0.938. The molecule has 2 saturated heterocycles. The van der Waals surface area contributed by atoms with Gasteiger partial charge in [-0.05, 0) is 12.8 Å². The molecule has 2 aliphatic heterocycles. The molecule has 0 aliphatic carbocycles. The fourth-order valence-electron chi connectivity index (χ4n) is 3.52. The summed E-state index contributed by atoms with van der Waals surface area (Å²) in [6.07, 6.45) is 0.296. The van der Waals surface area contributed by atoms with Crippen molar-refractivity contribution in [3.8, 4) is 0 Å². The topological polar surface area (TPSA) is 144 Å². The minimum atomic E-state index is -2.16. The number of aliphatic hydroxyl groups is 3.